The molecule has 2 unspecified atom stereocenters. The van der Waals surface area contributed by atoms with E-state index in [1.807, 2.05) is 0 Å². The Balaban J connectivity index is 1.96. The van der Waals surface area contributed by atoms with Crippen LogP contribution in [0.2, 0.25) is 0 Å². The van der Waals surface area contributed by atoms with E-state index in [1.165, 1.54) is 0 Å². The Hall–Kier alpha value is -0.610. The summed E-state index contributed by atoms with van der Waals surface area (Å²) in [7, 11) is 0. The van der Waals surface area contributed by atoms with Crippen LogP contribution < -0.4 is 5.73 Å². The van der Waals surface area contributed by atoms with E-state index in [9.17, 15) is 4.79 Å². The number of hydrogen-bond acceptors (Lipinski definition) is 4. The highest BCUT2D eigenvalue weighted by atomic mass is 16.5. The SMILES string of the molecule is NC1CCN(C2CCOC2=O)C1. The first-order chi connectivity index (χ1) is 5.77. The van der Waals surface area contributed by atoms with E-state index in [1.54, 1.807) is 0 Å². The van der Waals surface area contributed by atoms with Gasteiger partial charge in [0, 0.05) is 25.6 Å². The van der Waals surface area contributed by atoms with Gasteiger partial charge in [-0.1, -0.05) is 0 Å². The third kappa shape index (κ3) is 1.32. The minimum absolute atomic E-state index is 0.00134. The Kier molecular flexibility index (Phi) is 2.02. The molecule has 0 saturated carbocycles. The van der Waals surface area contributed by atoms with Crippen LogP contribution in [0.1, 0.15) is 12.8 Å². The molecule has 2 rings (SSSR count). The van der Waals surface area contributed by atoms with Crippen LogP contribution in [0.25, 0.3) is 0 Å². The summed E-state index contributed by atoms with van der Waals surface area (Å²) in [6, 6.07) is 0.247. The van der Waals surface area contributed by atoms with E-state index in [0.717, 1.165) is 25.9 Å². The zero-order chi connectivity index (χ0) is 8.55. The first-order valence-electron chi connectivity index (χ1n) is 4.43. The van der Waals surface area contributed by atoms with E-state index in [0.29, 0.717) is 6.61 Å². The molecule has 4 heteroatoms. The molecule has 0 bridgehead atoms. The van der Waals surface area contributed by atoms with E-state index >= 15 is 0 Å². The molecule has 68 valence electrons. The molecule has 2 aliphatic rings. The zero-order valence-corrected chi connectivity index (χ0v) is 7.03. The maximum atomic E-state index is 11.2. The van der Waals surface area contributed by atoms with Crippen LogP contribution in [-0.2, 0) is 9.53 Å². The van der Waals surface area contributed by atoms with E-state index in [-0.39, 0.29) is 18.1 Å². The lowest BCUT2D eigenvalue weighted by atomic mass is 10.2. The summed E-state index contributed by atoms with van der Waals surface area (Å²) in [6.07, 6.45) is 1.84. The summed E-state index contributed by atoms with van der Waals surface area (Å²) in [5, 5.41) is 0. The lowest BCUT2D eigenvalue weighted by molar-refractivity contribution is -0.142. The first-order valence-corrected chi connectivity index (χ1v) is 4.43. The van der Waals surface area contributed by atoms with Crippen molar-refractivity contribution in [3.63, 3.8) is 0 Å². The Morgan fingerprint density at radius 1 is 1.50 bits per heavy atom. The van der Waals surface area contributed by atoms with Gasteiger partial charge in [-0.2, -0.15) is 0 Å². The minimum Gasteiger partial charge on any atom is -0.464 e. The predicted molar refractivity (Wildman–Crippen MR) is 43.5 cm³/mol. The van der Waals surface area contributed by atoms with Gasteiger partial charge in [-0.15, -0.1) is 0 Å². The number of hydrogen-bond donors (Lipinski definition) is 1. The molecule has 2 fully saturated rings. The quantitative estimate of drug-likeness (QED) is 0.530. The van der Waals surface area contributed by atoms with E-state index in [2.05, 4.69) is 4.90 Å². The monoisotopic (exact) mass is 170 g/mol. The average molecular weight is 170 g/mol. The number of ether oxygens (including phenoxy) is 1. The largest absolute Gasteiger partial charge is 0.464 e. The van der Waals surface area contributed by atoms with Gasteiger partial charge in [-0.3, -0.25) is 9.69 Å². The predicted octanol–water partition coefficient (Wildman–Crippen LogP) is -0.665. The maximum Gasteiger partial charge on any atom is 0.323 e. The van der Waals surface area contributed by atoms with Crippen molar-refractivity contribution in [1.29, 1.82) is 0 Å². The van der Waals surface area contributed by atoms with Crippen molar-refractivity contribution in [2.75, 3.05) is 19.7 Å². The normalized spacial score (nSPS) is 37.2. The summed E-state index contributed by atoms with van der Waals surface area (Å²) in [5.41, 5.74) is 5.74. The molecule has 0 aromatic heterocycles. The highest BCUT2D eigenvalue weighted by Gasteiger charge is 2.35. The van der Waals surface area contributed by atoms with Gasteiger partial charge in [0.25, 0.3) is 0 Å². The van der Waals surface area contributed by atoms with Crippen molar-refractivity contribution in [2.24, 2.45) is 5.73 Å². The second-order valence-electron chi connectivity index (χ2n) is 3.52. The lowest BCUT2D eigenvalue weighted by Gasteiger charge is -2.19. The van der Waals surface area contributed by atoms with Crippen LogP contribution in [-0.4, -0.2) is 42.6 Å². The maximum absolute atomic E-state index is 11.2. The second kappa shape index (κ2) is 3.03. The molecule has 12 heavy (non-hydrogen) atoms. The second-order valence-corrected chi connectivity index (χ2v) is 3.52. The van der Waals surface area contributed by atoms with Gasteiger partial charge in [-0.05, 0) is 6.42 Å². The van der Waals surface area contributed by atoms with Gasteiger partial charge in [0.1, 0.15) is 6.04 Å². The van der Waals surface area contributed by atoms with Gasteiger partial charge in [0.15, 0.2) is 0 Å². The molecule has 0 aliphatic carbocycles. The Labute approximate surface area is 71.7 Å². The third-order valence-corrected chi connectivity index (χ3v) is 2.60. The number of nitrogens with two attached hydrogens (primary N) is 1. The van der Waals surface area contributed by atoms with Crippen LogP contribution in [0, 0.1) is 0 Å². The molecule has 4 nitrogen and oxygen atoms in total. The van der Waals surface area contributed by atoms with Gasteiger partial charge in [0.05, 0.1) is 6.61 Å². The van der Waals surface area contributed by atoms with Gasteiger partial charge in [-0.25, -0.2) is 0 Å². The van der Waals surface area contributed by atoms with E-state index < -0.39 is 0 Å². The molecule has 2 saturated heterocycles. The number of carbonyl (C=O) groups is 1. The number of likely N-dealkylation sites (tertiary alicyclic amines) is 1. The fraction of sp³-hybridized carbons (Fsp3) is 0.875. The summed E-state index contributed by atoms with van der Waals surface area (Å²) >= 11 is 0. The summed E-state index contributed by atoms with van der Waals surface area (Å²) < 4.78 is 4.89. The molecule has 0 spiro atoms. The highest BCUT2D eigenvalue weighted by Crippen LogP contribution is 2.18. The van der Waals surface area contributed by atoms with Crippen LogP contribution in [0.5, 0.6) is 0 Å². The lowest BCUT2D eigenvalue weighted by Crippen LogP contribution is -2.38. The minimum atomic E-state index is -0.0656. The van der Waals surface area contributed by atoms with Crippen molar-refractivity contribution in [1.82, 2.24) is 4.90 Å². The molecule has 0 aromatic rings. The van der Waals surface area contributed by atoms with Crippen molar-refractivity contribution >= 4 is 5.97 Å². The fourth-order valence-corrected chi connectivity index (χ4v) is 1.92. The Morgan fingerprint density at radius 2 is 2.33 bits per heavy atom. The Bertz CT molecular complexity index is 195. The highest BCUT2D eigenvalue weighted by molar-refractivity contribution is 5.77. The molecular formula is C8H14N2O2. The van der Waals surface area contributed by atoms with Crippen LogP contribution in [0.15, 0.2) is 0 Å². The smallest absolute Gasteiger partial charge is 0.323 e. The standard InChI is InChI=1S/C8H14N2O2/c9-6-1-3-10(5-6)7-2-4-12-8(7)11/h6-7H,1-5,9H2. The fourth-order valence-electron chi connectivity index (χ4n) is 1.92. The van der Waals surface area contributed by atoms with Gasteiger partial charge in [0.2, 0.25) is 0 Å². The van der Waals surface area contributed by atoms with Crippen molar-refractivity contribution in [3.05, 3.63) is 0 Å². The zero-order valence-electron chi connectivity index (χ0n) is 7.03. The van der Waals surface area contributed by atoms with Crippen molar-refractivity contribution < 1.29 is 9.53 Å². The molecular weight excluding hydrogens is 156 g/mol. The first kappa shape index (κ1) is 8.01. The molecule has 0 radical (unpaired) electrons. The summed E-state index contributed by atoms with van der Waals surface area (Å²) in [6.45, 7) is 2.37. The van der Waals surface area contributed by atoms with Gasteiger partial charge >= 0.3 is 5.97 Å². The summed E-state index contributed by atoms with van der Waals surface area (Å²) in [5.74, 6) is -0.0656. The van der Waals surface area contributed by atoms with Crippen LogP contribution >= 0.6 is 0 Å². The molecule has 2 atom stereocenters. The molecule has 2 N–H and O–H groups in total. The van der Waals surface area contributed by atoms with E-state index in [4.69, 9.17) is 10.5 Å². The van der Waals surface area contributed by atoms with Crippen LogP contribution in [0.4, 0.5) is 0 Å². The average Bonchev–Trinajstić information content (AvgIpc) is 2.58. The molecule has 2 aliphatic heterocycles. The number of nitrogens with zero attached hydrogens (tertiary/aromatic N) is 1. The number of carbonyl (C=O) groups excluding carboxylic acids is 1. The molecule has 0 amide bonds. The molecule has 2 heterocycles. The van der Waals surface area contributed by atoms with Crippen molar-refractivity contribution in [3.8, 4) is 0 Å². The Morgan fingerprint density at radius 3 is 2.83 bits per heavy atom. The number of rotatable bonds is 1. The van der Waals surface area contributed by atoms with Crippen molar-refractivity contribution in [2.45, 2.75) is 24.9 Å². The number of cyclic esters (lactones) is 1. The molecule has 0 aromatic carbocycles. The number of esters is 1. The summed E-state index contributed by atoms with van der Waals surface area (Å²) in [4.78, 5) is 13.3. The van der Waals surface area contributed by atoms with Gasteiger partial charge < -0.3 is 10.5 Å². The van der Waals surface area contributed by atoms with Crippen LogP contribution in [0.3, 0.4) is 0 Å². The third-order valence-electron chi connectivity index (χ3n) is 2.60. The topological polar surface area (TPSA) is 55.6 Å².